The van der Waals surface area contributed by atoms with Crippen LogP contribution in [0.2, 0.25) is 10.0 Å². The number of carbonyl (C=O) groups is 2. The lowest BCUT2D eigenvalue weighted by Gasteiger charge is -2.19. The fraction of sp³-hybridized carbons (Fsp3) is 0.231. The molecule has 0 aliphatic rings. The van der Waals surface area contributed by atoms with E-state index in [9.17, 15) is 9.59 Å². The number of hydrogen-bond acceptors (Lipinski definition) is 6. The fourth-order valence-electron chi connectivity index (χ4n) is 3.47. The zero-order valence-corrected chi connectivity index (χ0v) is 21.9. The van der Waals surface area contributed by atoms with Crippen LogP contribution in [-0.4, -0.2) is 43.0 Å². The Morgan fingerprint density at radius 2 is 1.72 bits per heavy atom. The van der Waals surface area contributed by atoms with E-state index < -0.39 is 0 Å². The molecule has 0 bridgehead atoms. The third kappa shape index (κ3) is 6.33. The van der Waals surface area contributed by atoms with Gasteiger partial charge in [-0.1, -0.05) is 47.5 Å². The van der Waals surface area contributed by atoms with Gasteiger partial charge in [-0.15, -0.1) is 0 Å². The molecule has 36 heavy (non-hydrogen) atoms. The van der Waals surface area contributed by atoms with E-state index in [2.05, 4.69) is 15.3 Å². The zero-order chi connectivity index (χ0) is 26.2. The lowest BCUT2D eigenvalue weighted by atomic mass is 10.1. The molecule has 0 unspecified atom stereocenters. The van der Waals surface area contributed by atoms with Crippen LogP contribution in [0, 0.1) is 0 Å². The van der Waals surface area contributed by atoms with Gasteiger partial charge in [0, 0.05) is 36.9 Å². The number of carbonyl (C=O) groups excluding carboxylic acids is 2. The Bertz CT molecular complexity index is 1270. The molecule has 2 amide bonds. The van der Waals surface area contributed by atoms with Gasteiger partial charge in [0.15, 0.2) is 0 Å². The highest BCUT2D eigenvalue weighted by molar-refractivity contribution is 6.38. The molecule has 0 spiro atoms. The highest BCUT2D eigenvalue weighted by Gasteiger charge is 2.22. The summed E-state index contributed by atoms with van der Waals surface area (Å²) in [5.74, 6) is 0.603. The molecule has 0 radical (unpaired) electrons. The van der Waals surface area contributed by atoms with Crippen molar-refractivity contribution in [1.29, 1.82) is 0 Å². The molecule has 2 aromatic carbocycles. The number of nitrogens with one attached hydrogen (secondary N) is 1. The second kappa shape index (κ2) is 12.4. The van der Waals surface area contributed by atoms with Crippen LogP contribution in [-0.2, 0) is 22.4 Å². The summed E-state index contributed by atoms with van der Waals surface area (Å²) >= 11 is 12.9. The molecule has 0 aliphatic carbocycles. The first kappa shape index (κ1) is 27.0. The van der Waals surface area contributed by atoms with Crippen molar-refractivity contribution in [2.45, 2.75) is 19.8 Å². The molecule has 1 N–H and O–H groups in total. The maximum atomic E-state index is 13.1. The van der Waals surface area contributed by atoms with E-state index in [1.54, 1.807) is 32.2 Å². The molecule has 0 fully saturated rings. The Kier molecular flexibility index (Phi) is 9.27. The van der Waals surface area contributed by atoms with Crippen molar-refractivity contribution >= 4 is 46.5 Å². The number of benzene rings is 2. The topological polar surface area (TPSA) is 93.7 Å². The van der Waals surface area contributed by atoms with E-state index in [1.165, 1.54) is 31.5 Å². The molecule has 10 heteroatoms. The first-order chi connectivity index (χ1) is 17.3. The van der Waals surface area contributed by atoms with Gasteiger partial charge in [-0.3, -0.25) is 14.5 Å². The maximum Gasteiger partial charge on any atom is 0.248 e. The van der Waals surface area contributed by atoms with Crippen LogP contribution in [0.4, 0.5) is 11.5 Å². The van der Waals surface area contributed by atoms with Crippen molar-refractivity contribution in [3.8, 4) is 11.5 Å². The predicted molar refractivity (Wildman–Crippen MR) is 141 cm³/mol. The molecule has 0 saturated carbocycles. The van der Waals surface area contributed by atoms with Crippen LogP contribution in [0.3, 0.4) is 0 Å². The summed E-state index contributed by atoms with van der Waals surface area (Å²) in [5, 5.41) is 3.35. The van der Waals surface area contributed by atoms with Gasteiger partial charge < -0.3 is 14.8 Å². The SMILES string of the molecule is C/C=C\C(=O)Nc1ccccc1Cc1cc(N(C)C(=O)Cc2c(Cl)c(OC)cc(OC)c2Cl)ncn1. The average Bonchev–Trinajstić information content (AvgIpc) is 2.87. The van der Waals surface area contributed by atoms with Gasteiger partial charge in [0.2, 0.25) is 11.8 Å². The van der Waals surface area contributed by atoms with E-state index in [0.717, 1.165) is 5.56 Å². The van der Waals surface area contributed by atoms with E-state index in [-0.39, 0.29) is 28.3 Å². The van der Waals surface area contributed by atoms with Gasteiger partial charge in [-0.2, -0.15) is 0 Å². The van der Waals surface area contributed by atoms with Crippen LogP contribution in [0.1, 0.15) is 23.7 Å². The third-order valence-electron chi connectivity index (χ3n) is 5.38. The lowest BCUT2D eigenvalue weighted by molar-refractivity contribution is -0.117. The standard InChI is InChI=1S/C26H26Cl2N4O4/c1-5-8-23(33)31-19-10-7-6-9-16(19)11-17-12-22(30-15-29-17)32(2)24(34)13-18-25(27)20(35-3)14-21(36-4)26(18)28/h5-10,12,14-15H,11,13H2,1-4H3,(H,31,33)/b8-5-. The number of likely N-dealkylation sites (N-methyl/N-ethyl adjacent to an activating group) is 1. The van der Waals surface area contributed by atoms with E-state index in [1.807, 2.05) is 24.3 Å². The number of rotatable bonds is 9. The normalized spacial score (nSPS) is 10.8. The molecule has 3 aromatic rings. The van der Waals surface area contributed by atoms with E-state index >= 15 is 0 Å². The number of nitrogens with zero attached hydrogens (tertiary/aromatic N) is 3. The third-order valence-corrected chi connectivity index (χ3v) is 6.21. The summed E-state index contributed by atoms with van der Waals surface area (Å²) in [6.45, 7) is 1.78. The minimum absolute atomic E-state index is 0.0964. The van der Waals surface area contributed by atoms with Crippen molar-refractivity contribution in [1.82, 2.24) is 9.97 Å². The van der Waals surface area contributed by atoms with Crippen LogP contribution in [0.15, 0.2) is 54.9 Å². The quantitative estimate of drug-likeness (QED) is 0.387. The highest BCUT2D eigenvalue weighted by atomic mass is 35.5. The molecule has 8 nitrogen and oxygen atoms in total. The number of anilines is 2. The summed E-state index contributed by atoms with van der Waals surface area (Å²) < 4.78 is 10.6. The fourth-order valence-corrected chi connectivity index (χ4v) is 4.11. The van der Waals surface area contributed by atoms with Gasteiger partial charge in [0.05, 0.1) is 36.4 Å². The molecular formula is C26H26Cl2N4O4. The van der Waals surface area contributed by atoms with E-state index in [4.69, 9.17) is 32.7 Å². The van der Waals surface area contributed by atoms with Crippen molar-refractivity contribution < 1.29 is 19.1 Å². The summed E-state index contributed by atoms with van der Waals surface area (Å²) in [7, 11) is 4.55. The Morgan fingerprint density at radius 3 is 2.36 bits per heavy atom. The largest absolute Gasteiger partial charge is 0.495 e. The maximum absolute atomic E-state index is 13.1. The van der Waals surface area contributed by atoms with Crippen molar-refractivity contribution in [2.24, 2.45) is 0 Å². The van der Waals surface area contributed by atoms with Crippen LogP contribution in [0.25, 0.3) is 0 Å². The van der Waals surface area contributed by atoms with Crippen molar-refractivity contribution in [3.05, 3.63) is 81.7 Å². The summed E-state index contributed by atoms with van der Waals surface area (Å²) in [6.07, 6.45) is 4.85. The molecule has 1 heterocycles. The number of ether oxygens (including phenoxy) is 2. The number of allylic oxidation sites excluding steroid dienone is 1. The summed E-state index contributed by atoms with van der Waals surface area (Å²) in [4.78, 5) is 35.1. The number of hydrogen-bond donors (Lipinski definition) is 1. The lowest BCUT2D eigenvalue weighted by Crippen LogP contribution is -2.29. The van der Waals surface area contributed by atoms with Crippen molar-refractivity contribution in [3.63, 3.8) is 0 Å². The molecule has 3 rings (SSSR count). The highest BCUT2D eigenvalue weighted by Crippen LogP contribution is 2.40. The van der Waals surface area contributed by atoms with Gasteiger partial charge in [-0.25, -0.2) is 9.97 Å². The number of halogens is 2. The molecule has 0 aliphatic heterocycles. The Balaban J connectivity index is 1.82. The molecule has 0 saturated heterocycles. The summed E-state index contributed by atoms with van der Waals surface area (Å²) in [6, 6.07) is 10.7. The number of amides is 2. The number of para-hydroxylation sites is 1. The summed E-state index contributed by atoms with van der Waals surface area (Å²) in [5.41, 5.74) is 2.62. The van der Waals surface area contributed by atoms with Gasteiger partial charge in [0.25, 0.3) is 0 Å². The number of methoxy groups -OCH3 is 2. The first-order valence-electron chi connectivity index (χ1n) is 11.0. The Labute approximate surface area is 219 Å². The van der Waals surface area contributed by atoms with Crippen LogP contribution in [0.5, 0.6) is 11.5 Å². The Hall–Kier alpha value is -3.62. The first-order valence-corrected chi connectivity index (χ1v) is 11.7. The van der Waals surface area contributed by atoms with Crippen LogP contribution >= 0.6 is 23.2 Å². The second-order valence-corrected chi connectivity index (χ2v) is 8.46. The molecule has 188 valence electrons. The number of aromatic nitrogens is 2. The smallest absolute Gasteiger partial charge is 0.248 e. The average molecular weight is 529 g/mol. The zero-order valence-electron chi connectivity index (χ0n) is 20.3. The van der Waals surface area contributed by atoms with Crippen LogP contribution < -0.4 is 19.7 Å². The van der Waals surface area contributed by atoms with Gasteiger partial charge in [-0.05, 0) is 24.6 Å². The molecule has 0 atom stereocenters. The monoisotopic (exact) mass is 528 g/mol. The van der Waals surface area contributed by atoms with Gasteiger partial charge >= 0.3 is 0 Å². The van der Waals surface area contributed by atoms with Gasteiger partial charge in [0.1, 0.15) is 23.6 Å². The van der Waals surface area contributed by atoms with Crippen molar-refractivity contribution in [2.75, 3.05) is 31.5 Å². The minimum Gasteiger partial charge on any atom is -0.495 e. The Morgan fingerprint density at radius 1 is 1.06 bits per heavy atom. The molecule has 1 aromatic heterocycles. The minimum atomic E-state index is -0.294. The second-order valence-electron chi connectivity index (χ2n) is 7.71. The molecular weight excluding hydrogens is 503 g/mol. The van der Waals surface area contributed by atoms with E-state index in [0.29, 0.717) is 40.7 Å². The predicted octanol–water partition coefficient (Wildman–Crippen LogP) is 5.11.